The highest BCUT2D eigenvalue weighted by Crippen LogP contribution is 2.21. The van der Waals surface area contributed by atoms with Crippen molar-refractivity contribution in [1.82, 2.24) is 0 Å². The lowest BCUT2D eigenvalue weighted by atomic mass is 9.99. The number of alkyl halides is 1. The van der Waals surface area contributed by atoms with Gasteiger partial charge in [0.1, 0.15) is 5.75 Å². The minimum absolute atomic E-state index is 0.220. The Bertz CT molecular complexity index is 346. The topological polar surface area (TPSA) is 26.3 Å². The molecule has 0 heterocycles. The third-order valence-corrected chi connectivity index (χ3v) is 3.07. The van der Waals surface area contributed by atoms with Gasteiger partial charge in [-0.3, -0.25) is 4.79 Å². The molecule has 3 heteroatoms. The number of benzene rings is 1. The standard InChI is InChI=1S/C14H19ClO2/c1-3-11(2)12-6-8-13(9-7-12)17-14(16)5-4-10-15/h6-9,11H,3-5,10H2,1-2H3. The highest BCUT2D eigenvalue weighted by atomic mass is 35.5. The number of carbonyl (C=O) groups is 1. The number of halogens is 1. The van der Waals surface area contributed by atoms with Crippen molar-refractivity contribution in [3.8, 4) is 5.75 Å². The lowest BCUT2D eigenvalue weighted by Gasteiger charge is -2.09. The van der Waals surface area contributed by atoms with Crippen LogP contribution in [-0.4, -0.2) is 11.8 Å². The first kappa shape index (κ1) is 14.0. The number of esters is 1. The van der Waals surface area contributed by atoms with Crippen molar-refractivity contribution < 1.29 is 9.53 Å². The van der Waals surface area contributed by atoms with E-state index in [2.05, 4.69) is 13.8 Å². The number of hydrogen-bond donors (Lipinski definition) is 0. The largest absolute Gasteiger partial charge is 0.427 e. The SMILES string of the molecule is CCC(C)c1ccc(OC(=O)CCCCl)cc1. The summed E-state index contributed by atoms with van der Waals surface area (Å²) >= 11 is 5.51. The molecule has 0 aliphatic heterocycles. The molecular formula is C14H19ClO2. The van der Waals surface area contributed by atoms with Crippen LogP contribution in [0.15, 0.2) is 24.3 Å². The van der Waals surface area contributed by atoms with E-state index in [0.29, 0.717) is 30.4 Å². The highest BCUT2D eigenvalue weighted by Gasteiger charge is 2.06. The van der Waals surface area contributed by atoms with Gasteiger partial charge in [0.05, 0.1) is 0 Å². The quantitative estimate of drug-likeness (QED) is 0.434. The second-order valence-corrected chi connectivity index (χ2v) is 4.52. The fourth-order valence-corrected chi connectivity index (χ4v) is 1.63. The molecule has 2 nitrogen and oxygen atoms in total. The Balaban J connectivity index is 2.53. The van der Waals surface area contributed by atoms with E-state index < -0.39 is 0 Å². The number of hydrogen-bond acceptors (Lipinski definition) is 2. The van der Waals surface area contributed by atoms with Gasteiger partial charge in [-0.2, -0.15) is 0 Å². The van der Waals surface area contributed by atoms with Gasteiger partial charge in [-0.1, -0.05) is 26.0 Å². The van der Waals surface area contributed by atoms with Gasteiger partial charge in [0.2, 0.25) is 0 Å². The molecule has 1 aromatic rings. The van der Waals surface area contributed by atoms with Crippen molar-refractivity contribution in [1.29, 1.82) is 0 Å². The molecule has 0 amide bonds. The fraction of sp³-hybridized carbons (Fsp3) is 0.500. The first-order valence-electron chi connectivity index (χ1n) is 6.04. The van der Waals surface area contributed by atoms with Crippen LogP contribution in [0.5, 0.6) is 5.75 Å². The maximum absolute atomic E-state index is 11.4. The van der Waals surface area contributed by atoms with Crippen LogP contribution in [0.3, 0.4) is 0 Å². The Labute approximate surface area is 108 Å². The Hall–Kier alpha value is -1.02. The summed E-state index contributed by atoms with van der Waals surface area (Å²) in [4.78, 5) is 11.4. The molecule has 0 aliphatic rings. The van der Waals surface area contributed by atoms with E-state index in [0.717, 1.165) is 6.42 Å². The number of carbonyl (C=O) groups excluding carboxylic acids is 1. The summed E-state index contributed by atoms with van der Waals surface area (Å²) < 4.78 is 5.19. The van der Waals surface area contributed by atoms with Crippen molar-refractivity contribution >= 4 is 17.6 Å². The van der Waals surface area contributed by atoms with Crippen molar-refractivity contribution in [2.45, 2.75) is 39.0 Å². The number of ether oxygens (including phenoxy) is 1. The van der Waals surface area contributed by atoms with Crippen molar-refractivity contribution in [2.75, 3.05) is 5.88 Å². The molecule has 1 rings (SSSR count). The third kappa shape index (κ3) is 4.78. The van der Waals surface area contributed by atoms with Crippen molar-refractivity contribution in [2.24, 2.45) is 0 Å². The Kier molecular flexibility index (Phi) is 6.06. The zero-order valence-corrected chi connectivity index (χ0v) is 11.2. The van der Waals surface area contributed by atoms with Crippen LogP contribution >= 0.6 is 11.6 Å². The lowest BCUT2D eigenvalue weighted by Crippen LogP contribution is -2.07. The maximum Gasteiger partial charge on any atom is 0.311 e. The molecule has 0 bridgehead atoms. The molecule has 0 aromatic heterocycles. The first-order valence-corrected chi connectivity index (χ1v) is 6.57. The second-order valence-electron chi connectivity index (χ2n) is 4.14. The van der Waals surface area contributed by atoms with Gasteiger partial charge in [-0.25, -0.2) is 0 Å². The van der Waals surface area contributed by atoms with Crippen molar-refractivity contribution in [3.05, 3.63) is 29.8 Å². The van der Waals surface area contributed by atoms with E-state index in [1.54, 1.807) is 0 Å². The molecule has 1 aromatic carbocycles. The fourth-order valence-electron chi connectivity index (χ4n) is 1.49. The maximum atomic E-state index is 11.4. The average molecular weight is 255 g/mol. The van der Waals surface area contributed by atoms with E-state index in [1.807, 2.05) is 24.3 Å². The zero-order chi connectivity index (χ0) is 12.7. The summed E-state index contributed by atoms with van der Waals surface area (Å²) in [5, 5.41) is 0. The van der Waals surface area contributed by atoms with Crippen LogP contribution in [0.1, 0.15) is 44.6 Å². The summed E-state index contributed by atoms with van der Waals surface area (Å²) in [6.45, 7) is 4.34. The molecule has 1 atom stereocenters. The Morgan fingerprint density at radius 3 is 2.53 bits per heavy atom. The monoisotopic (exact) mass is 254 g/mol. The molecule has 0 saturated carbocycles. The van der Waals surface area contributed by atoms with E-state index >= 15 is 0 Å². The van der Waals surface area contributed by atoms with Crippen LogP contribution in [0, 0.1) is 0 Å². The Morgan fingerprint density at radius 2 is 2.00 bits per heavy atom. The van der Waals surface area contributed by atoms with Gasteiger partial charge in [0, 0.05) is 12.3 Å². The van der Waals surface area contributed by atoms with Crippen LogP contribution in [0.2, 0.25) is 0 Å². The van der Waals surface area contributed by atoms with E-state index in [9.17, 15) is 4.79 Å². The first-order chi connectivity index (χ1) is 8.17. The predicted octanol–water partition coefficient (Wildman–Crippen LogP) is 4.12. The van der Waals surface area contributed by atoms with Crippen LogP contribution in [-0.2, 0) is 4.79 Å². The molecule has 0 fully saturated rings. The second kappa shape index (κ2) is 7.33. The molecule has 0 spiro atoms. The molecule has 1 unspecified atom stereocenters. The minimum Gasteiger partial charge on any atom is -0.427 e. The third-order valence-electron chi connectivity index (χ3n) is 2.81. The summed E-state index contributed by atoms with van der Waals surface area (Å²) in [6, 6.07) is 7.72. The lowest BCUT2D eigenvalue weighted by molar-refractivity contribution is -0.134. The minimum atomic E-state index is -0.220. The molecule has 94 valence electrons. The predicted molar refractivity (Wildman–Crippen MR) is 70.7 cm³/mol. The van der Waals surface area contributed by atoms with Crippen LogP contribution < -0.4 is 4.74 Å². The van der Waals surface area contributed by atoms with Crippen molar-refractivity contribution in [3.63, 3.8) is 0 Å². The Morgan fingerprint density at radius 1 is 1.35 bits per heavy atom. The summed E-state index contributed by atoms with van der Waals surface area (Å²) in [6.07, 6.45) is 2.14. The molecule has 17 heavy (non-hydrogen) atoms. The molecular weight excluding hydrogens is 236 g/mol. The van der Waals surface area contributed by atoms with Crippen LogP contribution in [0.4, 0.5) is 0 Å². The van der Waals surface area contributed by atoms with E-state index in [1.165, 1.54) is 5.56 Å². The molecule has 0 radical (unpaired) electrons. The normalized spacial score (nSPS) is 12.2. The summed E-state index contributed by atoms with van der Waals surface area (Å²) in [5.41, 5.74) is 1.27. The number of rotatable bonds is 6. The highest BCUT2D eigenvalue weighted by molar-refractivity contribution is 6.17. The van der Waals surface area contributed by atoms with Crippen LogP contribution in [0.25, 0.3) is 0 Å². The zero-order valence-electron chi connectivity index (χ0n) is 10.4. The molecule has 0 aliphatic carbocycles. The molecule has 0 saturated heterocycles. The van der Waals surface area contributed by atoms with Gasteiger partial charge in [-0.15, -0.1) is 11.6 Å². The van der Waals surface area contributed by atoms with Gasteiger partial charge < -0.3 is 4.74 Å². The average Bonchev–Trinajstić information content (AvgIpc) is 2.36. The van der Waals surface area contributed by atoms with Gasteiger partial charge >= 0.3 is 5.97 Å². The van der Waals surface area contributed by atoms with E-state index in [4.69, 9.17) is 16.3 Å². The summed E-state index contributed by atoms with van der Waals surface area (Å²) in [7, 11) is 0. The summed E-state index contributed by atoms with van der Waals surface area (Å²) in [5.74, 6) is 1.41. The van der Waals surface area contributed by atoms with Gasteiger partial charge in [0.25, 0.3) is 0 Å². The van der Waals surface area contributed by atoms with E-state index in [-0.39, 0.29) is 5.97 Å². The smallest absolute Gasteiger partial charge is 0.311 e. The van der Waals surface area contributed by atoms with Gasteiger partial charge in [0.15, 0.2) is 0 Å². The molecule has 0 N–H and O–H groups in total. The van der Waals surface area contributed by atoms with Gasteiger partial charge in [-0.05, 0) is 36.5 Å².